The van der Waals surface area contributed by atoms with Crippen molar-refractivity contribution < 1.29 is 22.6 Å². The molecular formula is C13H9IN+. The predicted octanol–water partition coefficient (Wildman–Crippen LogP) is -0.320. The molecule has 1 nitrogen and oxygen atoms in total. The molecule has 0 aliphatic heterocycles. The van der Waals surface area contributed by atoms with Crippen molar-refractivity contribution in [3.8, 4) is 17.2 Å². The number of halogens is 1. The van der Waals surface area contributed by atoms with E-state index in [4.69, 9.17) is 5.26 Å². The van der Waals surface area contributed by atoms with E-state index in [2.05, 4.69) is 30.3 Å². The highest BCUT2D eigenvalue weighted by atomic mass is 127. The Morgan fingerprint density at radius 1 is 0.800 bits per heavy atom. The number of benzene rings is 2. The first-order valence-corrected chi connectivity index (χ1v) is 5.74. The molecular weight excluding hydrogens is 297 g/mol. The Balaban J connectivity index is 2.38. The van der Waals surface area contributed by atoms with Crippen molar-refractivity contribution in [1.82, 2.24) is 0 Å². The molecule has 0 amide bonds. The van der Waals surface area contributed by atoms with Crippen LogP contribution in [0.3, 0.4) is 0 Å². The summed E-state index contributed by atoms with van der Waals surface area (Å²) in [6, 6.07) is 18.1. The summed E-state index contributed by atoms with van der Waals surface area (Å²) in [5.41, 5.74) is 3.04. The molecule has 0 saturated heterocycles. The maximum absolute atomic E-state index is 8.69. The van der Waals surface area contributed by atoms with Crippen molar-refractivity contribution in [2.75, 3.05) is 0 Å². The summed E-state index contributed by atoms with van der Waals surface area (Å²) in [7, 11) is 0. The summed E-state index contributed by atoms with van der Waals surface area (Å²) in [6.45, 7) is 0. The summed E-state index contributed by atoms with van der Waals surface area (Å²) in [6.07, 6.45) is 0. The molecule has 0 heterocycles. The van der Waals surface area contributed by atoms with E-state index in [0.717, 1.165) is 5.56 Å². The zero-order chi connectivity index (χ0) is 10.7. The van der Waals surface area contributed by atoms with Crippen LogP contribution in [-0.2, 0) is 0 Å². The molecule has 2 aromatic carbocycles. The SMILES string of the molecule is N#Cc1ccc(-c2ccc([IH+])cc2)cc1. The van der Waals surface area contributed by atoms with Crippen molar-refractivity contribution in [1.29, 1.82) is 5.26 Å². The molecule has 0 saturated carbocycles. The smallest absolute Gasteiger partial charge is 0.192 e. The Labute approximate surface area is 103 Å². The molecule has 2 aromatic rings. The normalized spacial score (nSPS) is 9.60. The average molecular weight is 306 g/mol. The summed E-state index contributed by atoms with van der Waals surface area (Å²) >= 11 is 2.00. The first kappa shape index (κ1) is 10.2. The maximum atomic E-state index is 8.69. The van der Waals surface area contributed by atoms with Crippen LogP contribution in [0.15, 0.2) is 48.5 Å². The van der Waals surface area contributed by atoms with Crippen LogP contribution in [0.25, 0.3) is 11.1 Å². The van der Waals surface area contributed by atoms with Gasteiger partial charge in [0.25, 0.3) is 22.6 Å². The van der Waals surface area contributed by atoms with Gasteiger partial charge in [-0.05, 0) is 47.5 Å². The number of nitrogens with zero attached hydrogens (tertiary/aromatic N) is 1. The van der Waals surface area contributed by atoms with Gasteiger partial charge in [0.1, 0.15) is 0 Å². The third kappa shape index (κ3) is 2.37. The molecule has 0 spiro atoms. The third-order valence-electron chi connectivity index (χ3n) is 2.20. The van der Waals surface area contributed by atoms with Gasteiger partial charge in [-0.3, -0.25) is 0 Å². The second-order valence-electron chi connectivity index (χ2n) is 3.21. The molecule has 0 aliphatic rings. The van der Waals surface area contributed by atoms with Crippen LogP contribution in [0.2, 0.25) is 0 Å². The van der Waals surface area contributed by atoms with Crippen LogP contribution < -0.4 is 22.6 Å². The van der Waals surface area contributed by atoms with Gasteiger partial charge >= 0.3 is 0 Å². The molecule has 0 N–H and O–H groups in total. The van der Waals surface area contributed by atoms with Crippen molar-refractivity contribution in [2.24, 2.45) is 0 Å². The summed E-state index contributed by atoms with van der Waals surface area (Å²) in [4.78, 5) is 0. The highest BCUT2D eigenvalue weighted by Crippen LogP contribution is 2.18. The van der Waals surface area contributed by atoms with Gasteiger partial charge in [0.15, 0.2) is 3.57 Å². The summed E-state index contributed by atoms with van der Waals surface area (Å²) in [5, 5.41) is 8.69. The lowest BCUT2D eigenvalue weighted by atomic mass is 10.0. The number of hydrogen-bond acceptors (Lipinski definition) is 1. The van der Waals surface area contributed by atoms with E-state index in [1.807, 2.05) is 46.9 Å². The fourth-order valence-corrected chi connectivity index (χ4v) is 1.77. The molecule has 72 valence electrons. The lowest BCUT2D eigenvalue weighted by molar-refractivity contribution is -0.328. The van der Waals surface area contributed by atoms with Gasteiger partial charge in [0.2, 0.25) is 0 Å². The fraction of sp³-hybridized carbons (Fsp3) is 0. The van der Waals surface area contributed by atoms with Gasteiger partial charge in [-0.25, -0.2) is 0 Å². The minimum atomic E-state index is 0.700. The topological polar surface area (TPSA) is 23.8 Å². The van der Waals surface area contributed by atoms with E-state index >= 15 is 0 Å². The molecule has 0 bridgehead atoms. The Kier molecular flexibility index (Phi) is 3.02. The minimum Gasteiger partial charge on any atom is -0.192 e. The van der Waals surface area contributed by atoms with Crippen LogP contribution in [-0.4, -0.2) is 0 Å². The van der Waals surface area contributed by atoms with Crippen LogP contribution in [0.1, 0.15) is 5.56 Å². The third-order valence-corrected chi connectivity index (χ3v) is 2.98. The zero-order valence-electron chi connectivity index (χ0n) is 7.97. The van der Waals surface area contributed by atoms with Crippen LogP contribution >= 0.6 is 0 Å². The Hall–Kier alpha value is -1.34. The lowest BCUT2D eigenvalue weighted by Gasteiger charge is -2.00. The highest BCUT2D eigenvalue weighted by molar-refractivity contribution is 5.63. The maximum Gasteiger partial charge on any atom is 0.296 e. The van der Waals surface area contributed by atoms with E-state index in [-0.39, 0.29) is 0 Å². The second-order valence-corrected chi connectivity index (χ2v) is 4.56. The van der Waals surface area contributed by atoms with Gasteiger partial charge in [-0.2, -0.15) is 5.26 Å². The summed E-state index contributed by atoms with van der Waals surface area (Å²) in [5.74, 6) is 0. The molecule has 0 unspecified atom stereocenters. The molecule has 2 rings (SSSR count). The molecule has 0 atom stereocenters. The van der Waals surface area contributed by atoms with Gasteiger partial charge in [-0.1, -0.05) is 12.1 Å². The van der Waals surface area contributed by atoms with Crippen molar-refractivity contribution in [3.05, 3.63) is 57.7 Å². The number of hydrogen-bond donors (Lipinski definition) is 0. The van der Waals surface area contributed by atoms with Gasteiger partial charge in [-0.15, -0.1) is 0 Å². The molecule has 2 heteroatoms. The van der Waals surface area contributed by atoms with E-state index in [0.29, 0.717) is 5.56 Å². The molecule has 0 fully saturated rings. The van der Waals surface area contributed by atoms with Gasteiger partial charge in [0, 0.05) is 0 Å². The number of nitriles is 1. The number of rotatable bonds is 1. The summed E-state index contributed by atoms with van der Waals surface area (Å²) < 4.78 is 1.27. The average Bonchev–Trinajstić information content (AvgIpc) is 2.30. The Morgan fingerprint density at radius 2 is 1.27 bits per heavy atom. The quantitative estimate of drug-likeness (QED) is 0.663. The Bertz CT molecular complexity index is 492. The van der Waals surface area contributed by atoms with E-state index in [1.54, 1.807) is 0 Å². The first-order valence-electron chi connectivity index (χ1n) is 4.57. The lowest BCUT2D eigenvalue weighted by Crippen LogP contribution is -3.34. The van der Waals surface area contributed by atoms with Crippen molar-refractivity contribution in [3.63, 3.8) is 0 Å². The molecule has 15 heavy (non-hydrogen) atoms. The second kappa shape index (κ2) is 4.45. The fourth-order valence-electron chi connectivity index (χ4n) is 1.38. The monoisotopic (exact) mass is 306 g/mol. The van der Waals surface area contributed by atoms with Crippen LogP contribution in [0.4, 0.5) is 0 Å². The van der Waals surface area contributed by atoms with Gasteiger partial charge in [0.05, 0.1) is 11.6 Å². The van der Waals surface area contributed by atoms with Crippen molar-refractivity contribution in [2.45, 2.75) is 0 Å². The van der Waals surface area contributed by atoms with E-state index < -0.39 is 0 Å². The standard InChI is InChI=1S/C13H9IN/c14-13-7-5-12(6-8-13)11-3-1-10(9-15)2-4-11/h1-8,14H/q+1. The first-order chi connectivity index (χ1) is 7.29. The molecule has 0 aromatic heterocycles. The Morgan fingerprint density at radius 3 is 1.73 bits per heavy atom. The minimum absolute atomic E-state index is 0.700. The molecule has 0 aliphatic carbocycles. The highest BCUT2D eigenvalue weighted by Gasteiger charge is 1.99. The van der Waals surface area contributed by atoms with Crippen LogP contribution in [0, 0.1) is 14.9 Å². The van der Waals surface area contributed by atoms with Gasteiger partial charge < -0.3 is 0 Å². The molecule has 0 radical (unpaired) electrons. The van der Waals surface area contributed by atoms with E-state index in [1.165, 1.54) is 9.13 Å². The predicted molar refractivity (Wildman–Crippen MR) is 56.7 cm³/mol. The van der Waals surface area contributed by atoms with Crippen LogP contribution in [0.5, 0.6) is 0 Å². The van der Waals surface area contributed by atoms with Crippen molar-refractivity contribution >= 4 is 0 Å². The largest absolute Gasteiger partial charge is 0.296 e. The zero-order valence-corrected chi connectivity index (χ0v) is 10.3. The van der Waals surface area contributed by atoms with E-state index in [9.17, 15) is 0 Å².